The van der Waals surface area contributed by atoms with Gasteiger partial charge in [-0.1, -0.05) is 18.2 Å². The van der Waals surface area contributed by atoms with Crippen LogP contribution in [0.3, 0.4) is 0 Å². The maximum absolute atomic E-state index is 13.6. The fraction of sp³-hybridized carbons (Fsp3) is 0.125. The lowest BCUT2D eigenvalue weighted by atomic mass is 10.0. The number of benzene rings is 2. The Balaban J connectivity index is 2.29. The van der Waals surface area contributed by atoms with Crippen LogP contribution in [0, 0.1) is 27.6 Å². The van der Waals surface area contributed by atoms with Crippen LogP contribution in [0.25, 0.3) is 0 Å². The van der Waals surface area contributed by atoms with Gasteiger partial charge in [0.05, 0.1) is 4.92 Å². The van der Waals surface area contributed by atoms with Crippen LogP contribution in [0.5, 0.6) is 0 Å². The molecular weight excluding hydrogens is 357 g/mol. The quantitative estimate of drug-likeness (QED) is 0.601. The largest absolute Gasteiger partial charge is 0.480 e. The van der Waals surface area contributed by atoms with Crippen molar-refractivity contribution in [1.29, 1.82) is 0 Å². The molecule has 10 heteroatoms. The highest BCUT2D eigenvalue weighted by atomic mass is 19.1. The summed E-state index contributed by atoms with van der Waals surface area (Å²) in [5.74, 6) is -7.25. The van der Waals surface area contributed by atoms with Gasteiger partial charge in [-0.05, 0) is 0 Å². The fourth-order valence-electron chi connectivity index (χ4n) is 2.27. The molecule has 0 spiro atoms. The molecule has 0 unspecified atom stereocenters. The first-order valence-corrected chi connectivity index (χ1v) is 7.11. The number of aliphatic carboxylic acids is 1. The Bertz CT molecular complexity index is 865. The Labute approximate surface area is 144 Å². The SMILES string of the molecule is O=C(N[C@@H](Cc1ccccc1[N+](=O)[O-])C(=O)O)c1c(F)cc(F)cc1F. The van der Waals surface area contributed by atoms with E-state index in [0.717, 1.165) is 6.07 Å². The molecule has 0 bridgehead atoms. The van der Waals surface area contributed by atoms with Crippen LogP contribution >= 0.6 is 0 Å². The van der Waals surface area contributed by atoms with Gasteiger partial charge >= 0.3 is 5.97 Å². The number of nitro benzene ring substituents is 1. The molecule has 2 rings (SSSR count). The molecule has 2 aromatic carbocycles. The average Bonchev–Trinajstić information content (AvgIpc) is 2.53. The molecule has 0 fully saturated rings. The second-order valence-electron chi connectivity index (χ2n) is 5.20. The number of carboxylic acid groups (broad SMARTS) is 1. The number of para-hydroxylation sites is 1. The Morgan fingerprint density at radius 3 is 2.27 bits per heavy atom. The molecule has 26 heavy (non-hydrogen) atoms. The molecule has 0 aliphatic heterocycles. The summed E-state index contributed by atoms with van der Waals surface area (Å²) in [6.07, 6.45) is -0.497. The predicted molar refractivity (Wildman–Crippen MR) is 82.0 cm³/mol. The number of halogens is 3. The van der Waals surface area contributed by atoms with E-state index in [1.165, 1.54) is 18.2 Å². The summed E-state index contributed by atoms with van der Waals surface area (Å²) >= 11 is 0. The minimum Gasteiger partial charge on any atom is -0.480 e. The van der Waals surface area contributed by atoms with Crippen molar-refractivity contribution in [3.05, 3.63) is 75.1 Å². The third-order valence-corrected chi connectivity index (χ3v) is 3.45. The van der Waals surface area contributed by atoms with E-state index in [1.807, 2.05) is 5.32 Å². The zero-order valence-corrected chi connectivity index (χ0v) is 12.9. The number of amides is 1. The highest BCUT2D eigenvalue weighted by molar-refractivity contribution is 5.97. The smallest absolute Gasteiger partial charge is 0.326 e. The molecule has 2 N–H and O–H groups in total. The van der Waals surface area contributed by atoms with E-state index < -0.39 is 52.3 Å². The van der Waals surface area contributed by atoms with Crippen LogP contribution in [0.1, 0.15) is 15.9 Å². The zero-order valence-electron chi connectivity index (χ0n) is 12.9. The van der Waals surface area contributed by atoms with Gasteiger partial charge in [-0.15, -0.1) is 0 Å². The zero-order chi connectivity index (χ0) is 19.4. The molecule has 0 radical (unpaired) electrons. The van der Waals surface area contributed by atoms with E-state index in [2.05, 4.69) is 0 Å². The lowest BCUT2D eigenvalue weighted by Gasteiger charge is -2.15. The Morgan fingerprint density at radius 1 is 1.15 bits per heavy atom. The van der Waals surface area contributed by atoms with Gasteiger partial charge in [-0.3, -0.25) is 14.9 Å². The van der Waals surface area contributed by atoms with Gasteiger partial charge in [0, 0.05) is 30.2 Å². The summed E-state index contributed by atoms with van der Waals surface area (Å²) in [6, 6.07) is 4.09. The van der Waals surface area contributed by atoms with Gasteiger partial charge < -0.3 is 10.4 Å². The van der Waals surface area contributed by atoms with Gasteiger partial charge in [0.15, 0.2) is 0 Å². The molecule has 136 valence electrons. The second kappa shape index (κ2) is 7.64. The maximum atomic E-state index is 13.6. The van der Waals surface area contributed by atoms with Crippen LogP contribution in [0.15, 0.2) is 36.4 Å². The number of nitrogens with one attached hydrogen (secondary N) is 1. The third-order valence-electron chi connectivity index (χ3n) is 3.45. The van der Waals surface area contributed by atoms with E-state index in [1.54, 1.807) is 0 Å². The highest BCUT2D eigenvalue weighted by Gasteiger charge is 2.27. The minimum absolute atomic E-state index is 0.00486. The van der Waals surface area contributed by atoms with E-state index in [4.69, 9.17) is 0 Å². The number of nitrogens with zero attached hydrogens (tertiary/aromatic N) is 1. The Hall–Kier alpha value is -3.43. The molecule has 2 aromatic rings. The molecule has 1 atom stereocenters. The summed E-state index contributed by atoms with van der Waals surface area (Å²) in [7, 11) is 0. The molecule has 1 amide bonds. The number of hydrogen-bond acceptors (Lipinski definition) is 4. The Morgan fingerprint density at radius 2 is 1.73 bits per heavy atom. The van der Waals surface area contributed by atoms with Crippen LogP contribution in [0.2, 0.25) is 0 Å². The van der Waals surface area contributed by atoms with E-state index in [0.29, 0.717) is 0 Å². The first kappa shape index (κ1) is 18.9. The van der Waals surface area contributed by atoms with Gasteiger partial charge in [-0.2, -0.15) is 0 Å². The summed E-state index contributed by atoms with van der Waals surface area (Å²) in [4.78, 5) is 33.6. The van der Waals surface area contributed by atoms with E-state index in [9.17, 15) is 38.0 Å². The normalized spacial score (nSPS) is 11.7. The average molecular weight is 368 g/mol. The number of carboxylic acids is 1. The number of carbonyl (C=O) groups is 2. The molecule has 0 aliphatic rings. The highest BCUT2D eigenvalue weighted by Crippen LogP contribution is 2.20. The third kappa shape index (κ3) is 4.15. The second-order valence-corrected chi connectivity index (χ2v) is 5.20. The van der Waals surface area contributed by atoms with Crippen molar-refractivity contribution in [3.8, 4) is 0 Å². The van der Waals surface area contributed by atoms with Crippen molar-refractivity contribution in [2.75, 3.05) is 0 Å². The molecule has 0 heterocycles. The standard InChI is InChI=1S/C16H11F3N2O5/c17-9-6-10(18)14(11(19)7-9)15(22)20-12(16(23)24)5-8-3-1-2-4-13(8)21(25)26/h1-4,6-7,12H,5H2,(H,20,22)(H,23,24)/t12-/m0/s1. The van der Waals surface area contributed by atoms with Gasteiger partial charge in [0.1, 0.15) is 29.1 Å². The first-order valence-electron chi connectivity index (χ1n) is 7.11. The molecule has 0 aliphatic carbocycles. The number of rotatable bonds is 6. The predicted octanol–water partition coefficient (Wildman–Crippen LogP) is 2.44. The van der Waals surface area contributed by atoms with Crippen molar-refractivity contribution in [3.63, 3.8) is 0 Å². The van der Waals surface area contributed by atoms with E-state index in [-0.39, 0.29) is 23.4 Å². The number of nitro groups is 1. The van der Waals surface area contributed by atoms with Crippen LogP contribution in [-0.4, -0.2) is 27.9 Å². The summed E-state index contributed by atoms with van der Waals surface area (Å²) < 4.78 is 40.2. The summed E-state index contributed by atoms with van der Waals surface area (Å²) in [5.41, 5.74) is -1.52. The van der Waals surface area contributed by atoms with E-state index >= 15 is 0 Å². The number of hydrogen-bond donors (Lipinski definition) is 2. The van der Waals surface area contributed by atoms with Crippen molar-refractivity contribution >= 4 is 17.6 Å². The van der Waals surface area contributed by atoms with Crippen LogP contribution in [-0.2, 0) is 11.2 Å². The molecule has 0 saturated heterocycles. The summed E-state index contributed by atoms with van der Waals surface area (Å²) in [5, 5.41) is 22.1. The fourth-order valence-corrected chi connectivity index (χ4v) is 2.27. The molecule has 0 aromatic heterocycles. The topological polar surface area (TPSA) is 110 Å². The first-order chi connectivity index (χ1) is 12.2. The molecule has 7 nitrogen and oxygen atoms in total. The number of carbonyl (C=O) groups excluding carboxylic acids is 1. The molecule has 0 saturated carbocycles. The molecular formula is C16H11F3N2O5. The van der Waals surface area contributed by atoms with Crippen molar-refractivity contribution in [2.45, 2.75) is 12.5 Å². The lowest BCUT2D eigenvalue weighted by Crippen LogP contribution is -2.43. The maximum Gasteiger partial charge on any atom is 0.326 e. The van der Waals surface area contributed by atoms with Gasteiger partial charge in [0.25, 0.3) is 11.6 Å². The van der Waals surface area contributed by atoms with Crippen molar-refractivity contribution in [2.24, 2.45) is 0 Å². The van der Waals surface area contributed by atoms with Crippen molar-refractivity contribution < 1.29 is 32.8 Å². The monoisotopic (exact) mass is 368 g/mol. The Kier molecular flexibility index (Phi) is 5.55. The van der Waals surface area contributed by atoms with Crippen molar-refractivity contribution in [1.82, 2.24) is 5.32 Å². The van der Waals surface area contributed by atoms with Gasteiger partial charge in [-0.25, -0.2) is 18.0 Å². The minimum atomic E-state index is -1.70. The lowest BCUT2D eigenvalue weighted by molar-refractivity contribution is -0.385. The summed E-state index contributed by atoms with van der Waals surface area (Å²) in [6.45, 7) is 0. The van der Waals surface area contributed by atoms with Crippen LogP contribution in [0.4, 0.5) is 18.9 Å². The van der Waals surface area contributed by atoms with Crippen LogP contribution < -0.4 is 5.32 Å². The van der Waals surface area contributed by atoms with Gasteiger partial charge in [0.2, 0.25) is 0 Å².